The standard InChI is InChI=1S/C32H45N7O3/c1-22-20-39(17-16-37(22)13-8-23-9-14-38(15-10-23)30(40)42-31(2,3)4)28-19-27(33-21-34-28)29-25-18-24(41-32(5)11-12-32)6-7-26(25)35-36-29/h6-7,18-19,21-23H,8-17,20H2,1-5H3,(H,35,36)/t22-/m0/s1. The van der Waals surface area contributed by atoms with Gasteiger partial charge >= 0.3 is 6.09 Å². The molecule has 1 atom stereocenters. The molecule has 2 aromatic heterocycles. The zero-order valence-electron chi connectivity index (χ0n) is 25.7. The molecule has 1 N–H and O–H groups in total. The van der Waals surface area contributed by atoms with E-state index in [-0.39, 0.29) is 11.7 Å². The summed E-state index contributed by atoms with van der Waals surface area (Å²) < 4.78 is 11.8. The first-order valence-corrected chi connectivity index (χ1v) is 15.5. The molecule has 0 unspecified atom stereocenters. The maximum Gasteiger partial charge on any atom is 0.410 e. The van der Waals surface area contributed by atoms with Crippen LogP contribution in [0, 0.1) is 5.92 Å². The lowest BCUT2D eigenvalue weighted by Crippen LogP contribution is -2.52. The number of benzene rings is 1. The number of likely N-dealkylation sites (tertiary alicyclic amines) is 1. The molecule has 1 amide bonds. The fourth-order valence-electron chi connectivity index (χ4n) is 6.08. The van der Waals surface area contributed by atoms with Gasteiger partial charge in [-0.15, -0.1) is 0 Å². The Hall–Kier alpha value is -3.40. The van der Waals surface area contributed by atoms with E-state index in [1.54, 1.807) is 6.33 Å². The van der Waals surface area contributed by atoms with Gasteiger partial charge in [0.1, 0.15) is 34.8 Å². The number of piperidine rings is 1. The summed E-state index contributed by atoms with van der Waals surface area (Å²) in [6, 6.07) is 8.59. The largest absolute Gasteiger partial charge is 0.488 e. The molecule has 6 rings (SSSR count). The van der Waals surface area contributed by atoms with Crippen molar-refractivity contribution in [3.63, 3.8) is 0 Å². The summed E-state index contributed by atoms with van der Waals surface area (Å²) >= 11 is 0. The van der Waals surface area contributed by atoms with Crippen molar-refractivity contribution in [2.75, 3.05) is 44.2 Å². The molecule has 10 heteroatoms. The molecule has 1 aromatic carbocycles. The van der Waals surface area contributed by atoms with E-state index in [1.807, 2.05) is 37.8 Å². The third kappa shape index (κ3) is 6.64. The maximum absolute atomic E-state index is 12.4. The predicted octanol–water partition coefficient (Wildman–Crippen LogP) is 5.50. The second-order valence-electron chi connectivity index (χ2n) is 13.6. The molecule has 1 saturated carbocycles. The average molecular weight is 576 g/mol. The summed E-state index contributed by atoms with van der Waals surface area (Å²) in [7, 11) is 0. The molecule has 226 valence electrons. The number of hydrogen-bond donors (Lipinski definition) is 1. The van der Waals surface area contributed by atoms with Crippen LogP contribution in [0.1, 0.15) is 66.7 Å². The van der Waals surface area contributed by atoms with Crippen LogP contribution in [-0.2, 0) is 4.74 Å². The lowest BCUT2D eigenvalue weighted by molar-refractivity contribution is 0.0176. The van der Waals surface area contributed by atoms with Crippen molar-refractivity contribution in [3.8, 4) is 17.1 Å². The number of fused-ring (bicyclic) bond motifs is 1. The van der Waals surface area contributed by atoms with Crippen LogP contribution in [0.5, 0.6) is 5.75 Å². The maximum atomic E-state index is 12.4. The number of aromatic amines is 1. The smallest absolute Gasteiger partial charge is 0.410 e. The van der Waals surface area contributed by atoms with E-state index in [9.17, 15) is 4.79 Å². The highest BCUT2D eigenvalue weighted by atomic mass is 16.6. The first-order chi connectivity index (χ1) is 20.1. The molecular weight excluding hydrogens is 530 g/mol. The van der Waals surface area contributed by atoms with Crippen molar-refractivity contribution >= 4 is 22.8 Å². The predicted molar refractivity (Wildman–Crippen MR) is 164 cm³/mol. The summed E-state index contributed by atoms with van der Waals surface area (Å²) in [6.45, 7) is 15.7. The molecule has 42 heavy (non-hydrogen) atoms. The number of piperazine rings is 1. The van der Waals surface area contributed by atoms with E-state index in [1.165, 1.54) is 6.42 Å². The molecule has 2 saturated heterocycles. The molecule has 0 radical (unpaired) electrons. The Morgan fingerprint density at radius 2 is 1.88 bits per heavy atom. The number of carbonyl (C=O) groups is 1. The van der Waals surface area contributed by atoms with Crippen LogP contribution in [0.25, 0.3) is 22.3 Å². The van der Waals surface area contributed by atoms with Crippen LogP contribution in [0.15, 0.2) is 30.6 Å². The summed E-state index contributed by atoms with van der Waals surface area (Å²) in [5.41, 5.74) is 2.13. The Kier molecular flexibility index (Phi) is 7.76. The molecule has 0 spiro atoms. The van der Waals surface area contributed by atoms with Gasteiger partial charge in [0.25, 0.3) is 0 Å². The third-order valence-corrected chi connectivity index (χ3v) is 8.93. The molecule has 0 bridgehead atoms. The van der Waals surface area contributed by atoms with Crippen molar-refractivity contribution in [2.45, 2.75) is 84.0 Å². The lowest BCUT2D eigenvalue weighted by atomic mass is 9.93. The van der Waals surface area contributed by atoms with Crippen LogP contribution in [-0.4, -0.2) is 92.6 Å². The number of amides is 1. The Balaban J connectivity index is 1.03. The molecule has 2 aliphatic heterocycles. The van der Waals surface area contributed by atoms with Gasteiger partial charge in [0.15, 0.2) is 0 Å². The van der Waals surface area contributed by atoms with Gasteiger partial charge in [0, 0.05) is 50.2 Å². The topological polar surface area (TPSA) is 99.7 Å². The Bertz CT molecular complexity index is 1400. The van der Waals surface area contributed by atoms with E-state index in [0.717, 1.165) is 98.8 Å². The number of aromatic nitrogens is 4. The zero-order valence-corrected chi connectivity index (χ0v) is 25.7. The zero-order chi connectivity index (χ0) is 29.5. The third-order valence-electron chi connectivity index (χ3n) is 8.93. The Labute approximate surface area is 248 Å². The molecule has 3 fully saturated rings. The summed E-state index contributed by atoms with van der Waals surface area (Å²) in [5.74, 6) is 2.47. The van der Waals surface area contributed by atoms with Crippen molar-refractivity contribution < 1.29 is 14.3 Å². The number of ether oxygens (including phenoxy) is 2. The number of nitrogens with one attached hydrogen (secondary N) is 1. The van der Waals surface area contributed by atoms with Crippen molar-refractivity contribution in [1.29, 1.82) is 0 Å². The molecule has 1 aliphatic carbocycles. The quantitative estimate of drug-likeness (QED) is 0.394. The number of hydrogen-bond acceptors (Lipinski definition) is 8. The van der Waals surface area contributed by atoms with Crippen LogP contribution in [0.4, 0.5) is 10.6 Å². The van der Waals surface area contributed by atoms with Gasteiger partial charge in [-0.25, -0.2) is 14.8 Å². The SMILES string of the molecule is C[C@H]1CN(c2cc(-c3n[nH]c4ccc(OC5(C)CC5)cc34)ncn2)CCN1CCC1CCN(C(=O)OC(C)(C)C)CC1. The van der Waals surface area contributed by atoms with Crippen molar-refractivity contribution in [3.05, 3.63) is 30.6 Å². The summed E-state index contributed by atoms with van der Waals surface area (Å²) in [6.07, 6.45) is 6.93. The lowest BCUT2D eigenvalue weighted by Gasteiger charge is -2.41. The molecule has 3 aromatic rings. The van der Waals surface area contributed by atoms with Crippen molar-refractivity contribution in [2.24, 2.45) is 5.92 Å². The first kappa shape index (κ1) is 28.7. The molecule has 10 nitrogen and oxygen atoms in total. The van der Waals surface area contributed by atoms with E-state index in [0.29, 0.717) is 12.0 Å². The van der Waals surface area contributed by atoms with Crippen LogP contribution in [0.3, 0.4) is 0 Å². The van der Waals surface area contributed by atoms with Gasteiger partial charge in [-0.05, 0) is 97.4 Å². The number of rotatable bonds is 7. The highest BCUT2D eigenvalue weighted by molar-refractivity contribution is 5.93. The van der Waals surface area contributed by atoms with Gasteiger partial charge in [0.2, 0.25) is 0 Å². The fourth-order valence-corrected chi connectivity index (χ4v) is 6.08. The normalized spacial score (nSPS) is 21.5. The second-order valence-corrected chi connectivity index (χ2v) is 13.6. The van der Waals surface area contributed by atoms with Gasteiger partial charge in [-0.3, -0.25) is 10.00 Å². The monoisotopic (exact) mass is 575 g/mol. The highest BCUT2D eigenvalue weighted by Crippen LogP contribution is 2.40. The van der Waals surface area contributed by atoms with E-state index in [4.69, 9.17) is 9.47 Å². The van der Waals surface area contributed by atoms with Crippen molar-refractivity contribution in [1.82, 2.24) is 30.0 Å². The fraction of sp³-hybridized carbons (Fsp3) is 0.625. The van der Waals surface area contributed by atoms with Gasteiger partial charge < -0.3 is 19.3 Å². The van der Waals surface area contributed by atoms with Crippen LogP contribution < -0.4 is 9.64 Å². The first-order valence-electron chi connectivity index (χ1n) is 15.5. The van der Waals surface area contributed by atoms with Crippen LogP contribution >= 0.6 is 0 Å². The summed E-state index contributed by atoms with van der Waals surface area (Å²) in [5, 5.41) is 8.77. The van der Waals surface area contributed by atoms with E-state index >= 15 is 0 Å². The minimum absolute atomic E-state index is 0.0299. The second kappa shape index (κ2) is 11.4. The Morgan fingerprint density at radius 1 is 1.10 bits per heavy atom. The molecular formula is C32H45N7O3. The van der Waals surface area contributed by atoms with Gasteiger partial charge in [-0.2, -0.15) is 5.10 Å². The minimum atomic E-state index is -0.444. The highest BCUT2D eigenvalue weighted by Gasteiger charge is 2.40. The average Bonchev–Trinajstić information content (AvgIpc) is 3.53. The number of nitrogens with zero attached hydrogens (tertiary/aromatic N) is 6. The number of anilines is 1. The molecule has 3 aliphatic rings. The molecule has 4 heterocycles. The van der Waals surface area contributed by atoms with E-state index < -0.39 is 5.60 Å². The number of carbonyl (C=O) groups excluding carboxylic acids is 1. The van der Waals surface area contributed by atoms with Crippen LogP contribution in [0.2, 0.25) is 0 Å². The Morgan fingerprint density at radius 3 is 2.60 bits per heavy atom. The van der Waals surface area contributed by atoms with Gasteiger partial charge in [0.05, 0.1) is 11.2 Å². The van der Waals surface area contributed by atoms with E-state index in [2.05, 4.69) is 55.9 Å². The van der Waals surface area contributed by atoms with Gasteiger partial charge in [-0.1, -0.05) is 0 Å². The number of H-pyrrole nitrogens is 1. The minimum Gasteiger partial charge on any atom is -0.488 e. The summed E-state index contributed by atoms with van der Waals surface area (Å²) in [4.78, 5) is 28.5.